The van der Waals surface area contributed by atoms with E-state index in [1.54, 1.807) is 6.08 Å². The number of unbranched alkanes of at least 4 members (excludes halogenated alkanes) is 1. The summed E-state index contributed by atoms with van der Waals surface area (Å²) in [6.07, 6.45) is 3.73. The maximum atomic E-state index is 11.1. The third-order valence-corrected chi connectivity index (χ3v) is 4.69. The van der Waals surface area contributed by atoms with Crippen LogP contribution in [0.25, 0.3) is 0 Å². The Labute approximate surface area is 100 Å². The SMILES string of the molecule is CCCCOC(=S)SC1=CCS(=O)(=O)C1. The lowest BCUT2D eigenvalue weighted by molar-refractivity contribution is 0.313. The Morgan fingerprint density at radius 1 is 1.67 bits per heavy atom. The monoisotopic (exact) mass is 266 g/mol. The van der Waals surface area contributed by atoms with Gasteiger partial charge in [-0.25, -0.2) is 8.42 Å². The average molecular weight is 266 g/mol. The van der Waals surface area contributed by atoms with Crippen LogP contribution in [0, 0.1) is 0 Å². The summed E-state index contributed by atoms with van der Waals surface area (Å²) in [7, 11) is -2.89. The van der Waals surface area contributed by atoms with E-state index in [2.05, 4.69) is 6.92 Å². The number of rotatable bonds is 4. The second kappa shape index (κ2) is 5.86. The van der Waals surface area contributed by atoms with E-state index in [0.717, 1.165) is 17.7 Å². The molecule has 3 nitrogen and oxygen atoms in total. The second-order valence-electron chi connectivity index (χ2n) is 3.28. The van der Waals surface area contributed by atoms with Crippen molar-refractivity contribution in [3.63, 3.8) is 0 Å². The summed E-state index contributed by atoms with van der Waals surface area (Å²) in [5.74, 6) is 0.238. The molecule has 0 atom stereocenters. The van der Waals surface area contributed by atoms with Crippen LogP contribution >= 0.6 is 24.0 Å². The molecule has 0 N–H and O–H groups in total. The fourth-order valence-electron chi connectivity index (χ4n) is 1.06. The predicted octanol–water partition coefficient (Wildman–Crippen LogP) is 2.13. The van der Waals surface area contributed by atoms with E-state index >= 15 is 0 Å². The smallest absolute Gasteiger partial charge is 0.224 e. The minimum absolute atomic E-state index is 0.106. The van der Waals surface area contributed by atoms with E-state index in [9.17, 15) is 8.42 Å². The Kier molecular flexibility index (Phi) is 5.08. The van der Waals surface area contributed by atoms with E-state index in [1.807, 2.05) is 0 Å². The summed E-state index contributed by atoms with van der Waals surface area (Å²) >= 11 is 6.24. The number of sulfone groups is 1. The van der Waals surface area contributed by atoms with Gasteiger partial charge in [0.25, 0.3) is 0 Å². The zero-order chi connectivity index (χ0) is 11.3. The standard InChI is InChI=1S/C9H14O3S3/c1-2-3-5-12-9(13)14-8-4-6-15(10,11)7-8/h4H,2-3,5-7H2,1H3. The first-order chi connectivity index (χ1) is 7.03. The summed E-state index contributed by atoms with van der Waals surface area (Å²) in [6.45, 7) is 2.69. The first kappa shape index (κ1) is 13.0. The molecule has 1 aliphatic heterocycles. The molecule has 0 amide bonds. The summed E-state index contributed by atoms with van der Waals surface area (Å²) in [4.78, 5) is 0.788. The fourth-order valence-corrected chi connectivity index (χ4v) is 3.99. The first-order valence-corrected chi connectivity index (χ1v) is 7.82. The molecule has 1 heterocycles. The van der Waals surface area contributed by atoms with E-state index in [0.29, 0.717) is 11.0 Å². The van der Waals surface area contributed by atoms with E-state index in [1.165, 1.54) is 11.8 Å². The van der Waals surface area contributed by atoms with Gasteiger partial charge >= 0.3 is 0 Å². The zero-order valence-corrected chi connectivity index (χ0v) is 11.0. The minimum atomic E-state index is -2.89. The van der Waals surface area contributed by atoms with E-state index in [-0.39, 0.29) is 11.5 Å². The summed E-state index contributed by atoms with van der Waals surface area (Å²) in [6, 6.07) is 0. The van der Waals surface area contributed by atoms with Crippen LogP contribution in [0.5, 0.6) is 0 Å². The van der Waals surface area contributed by atoms with Gasteiger partial charge in [-0.2, -0.15) is 0 Å². The molecular weight excluding hydrogens is 252 g/mol. The van der Waals surface area contributed by atoms with Gasteiger partial charge in [-0.05, 0) is 30.4 Å². The normalized spacial score (nSPS) is 18.6. The summed E-state index contributed by atoms with van der Waals surface area (Å²) < 4.78 is 28.0. The maximum Gasteiger partial charge on any atom is 0.224 e. The van der Waals surface area contributed by atoms with Crippen molar-refractivity contribution < 1.29 is 13.2 Å². The summed E-state index contributed by atoms with van der Waals surface area (Å²) in [5, 5.41) is 0. The van der Waals surface area contributed by atoms with Gasteiger partial charge < -0.3 is 4.74 Å². The van der Waals surface area contributed by atoms with Crippen LogP contribution in [-0.4, -0.2) is 30.9 Å². The molecule has 0 unspecified atom stereocenters. The molecule has 0 aromatic rings. The van der Waals surface area contributed by atoms with Gasteiger partial charge in [0.05, 0.1) is 18.1 Å². The van der Waals surface area contributed by atoms with Crippen LogP contribution in [-0.2, 0) is 14.6 Å². The molecule has 0 radical (unpaired) electrons. The van der Waals surface area contributed by atoms with Gasteiger partial charge in [-0.1, -0.05) is 19.4 Å². The Bertz CT molecular complexity index is 357. The fraction of sp³-hybridized carbons (Fsp3) is 0.667. The van der Waals surface area contributed by atoms with Gasteiger partial charge in [-0.3, -0.25) is 0 Å². The van der Waals surface area contributed by atoms with Gasteiger partial charge in [0, 0.05) is 4.91 Å². The first-order valence-electron chi connectivity index (χ1n) is 4.77. The van der Waals surface area contributed by atoms with Gasteiger partial charge in [0.15, 0.2) is 9.84 Å². The van der Waals surface area contributed by atoms with Crippen molar-refractivity contribution in [1.82, 2.24) is 0 Å². The van der Waals surface area contributed by atoms with Crippen molar-refractivity contribution in [2.45, 2.75) is 19.8 Å². The highest BCUT2D eigenvalue weighted by atomic mass is 32.2. The Balaban J connectivity index is 2.28. The second-order valence-corrected chi connectivity index (χ2v) is 7.12. The molecule has 0 aromatic heterocycles. The molecule has 15 heavy (non-hydrogen) atoms. The number of hydrogen-bond donors (Lipinski definition) is 0. The maximum absolute atomic E-state index is 11.1. The highest BCUT2D eigenvalue weighted by Crippen LogP contribution is 2.25. The lowest BCUT2D eigenvalue weighted by atomic mass is 10.4. The number of thiocarbonyl (C=S) groups is 1. The van der Waals surface area contributed by atoms with E-state index < -0.39 is 9.84 Å². The van der Waals surface area contributed by atoms with E-state index in [4.69, 9.17) is 17.0 Å². The average Bonchev–Trinajstić information content (AvgIpc) is 2.46. The molecule has 0 aromatic carbocycles. The highest BCUT2D eigenvalue weighted by Gasteiger charge is 2.21. The largest absolute Gasteiger partial charge is 0.478 e. The van der Waals surface area contributed by atoms with Gasteiger partial charge in [-0.15, -0.1) is 0 Å². The molecule has 0 saturated carbocycles. The molecule has 86 valence electrons. The number of thioether (sulfide) groups is 1. The Morgan fingerprint density at radius 3 is 2.93 bits per heavy atom. The molecule has 1 aliphatic rings. The van der Waals surface area contributed by atoms with Crippen LogP contribution in [0.3, 0.4) is 0 Å². The Morgan fingerprint density at radius 2 is 2.40 bits per heavy atom. The molecule has 0 fully saturated rings. The molecule has 1 rings (SSSR count). The van der Waals surface area contributed by atoms with Gasteiger partial charge in [0.1, 0.15) is 0 Å². The third kappa shape index (κ3) is 4.99. The topological polar surface area (TPSA) is 43.4 Å². The van der Waals surface area contributed by atoms with Crippen LogP contribution in [0.4, 0.5) is 0 Å². The van der Waals surface area contributed by atoms with Crippen molar-refractivity contribution in [2.24, 2.45) is 0 Å². The number of hydrogen-bond acceptors (Lipinski definition) is 5. The van der Waals surface area contributed by atoms with Crippen molar-refractivity contribution in [3.8, 4) is 0 Å². The molecule has 0 saturated heterocycles. The van der Waals surface area contributed by atoms with Gasteiger partial charge in [0.2, 0.25) is 4.38 Å². The molecule has 0 aliphatic carbocycles. The van der Waals surface area contributed by atoms with Crippen LogP contribution < -0.4 is 0 Å². The number of ether oxygens (including phenoxy) is 1. The highest BCUT2D eigenvalue weighted by molar-refractivity contribution is 8.25. The van der Waals surface area contributed by atoms with Crippen LogP contribution in [0.1, 0.15) is 19.8 Å². The van der Waals surface area contributed by atoms with Crippen molar-refractivity contribution >= 4 is 38.2 Å². The Hall–Kier alpha value is -0.0700. The molecule has 0 spiro atoms. The minimum Gasteiger partial charge on any atom is -0.478 e. The molecular formula is C9H14O3S3. The lowest BCUT2D eigenvalue weighted by Gasteiger charge is -2.05. The molecule has 6 heteroatoms. The van der Waals surface area contributed by atoms with Crippen molar-refractivity contribution in [2.75, 3.05) is 18.1 Å². The van der Waals surface area contributed by atoms with Crippen molar-refractivity contribution in [3.05, 3.63) is 11.0 Å². The zero-order valence-electron chi connectivity index (χ0n) is 8.56. The summed E-state index contributed by atoms with van der Waals surface area (Å²) in [5.41, 5.74) is 0. The quantitative estimate of drug-likeness (QED) is 0.576. The lowest BCUT2D eigenvalue weighted by Crippen LogP contribution is -2.04. The third-order valence-electron chi connectivity index (χ3n) is 1.86. The van der Waals surface area contributed by atoms with Crippen LogP contribution in [0.15, 0.2) is 11.0 Å². The van der Waals surface area contributed by atoms with Crippen molar-refractivity contribution in [1.29, 1.82) is 0 Å². The predicted molar refractivity (Wildman–Crippen MR) is 67.8 cm³/mol. The molecule has 0 bridgehead atoms. The van der Waals surface area contributed by atoms with Crippen LogP contribution in [0.2, 0.25) is 0 Å².